The smallest absolute Gasteiger partial charge is 0.253 e. The van der Waals surface area contributed by atoms with Gasteiger partial charge in [0.15, 0.2) is 5.16 Å². The van der Waals surface area contributed by atoms with E-state index in [2.05, 4.69) is 36.1 Å². The van der Waals surface area contributed by atoms with Crippen LogP contribution in [0.4, 0.5) is 0 Å². The standard InChI is InChI=1S/C21H22N4O2S/c1-3-24-11-10-22-21(24)28-14-20(26)25-18(19-5-4-12-27-19)13-17(23-25)16-8-6-15(2)7-9-16/h4-12,18H,3,13-14H2,1-2H3. The summed E-state index contributed by atoms with van der Waals surface area (Å²) in [6, 6.07) is 11.7. The molecule has 7 heteroatoms. The summed E-state index contributed by atoms with van der Waals surface area (Å²) in [5.74, 6) is 0.970. The fraction of sp³-hybridized carbons (Fsp3) is 0.286. The molecule has 1 unspecified atom stereocenters. The second-order valence-corrected chi connectivity index (χ2v) is 7.61. The maximum atomic E-state index is 13.0. The highest BCUT2D eigenvalue weighted by molar-refractivity contribution is 7.99. The maximum Gasteiger partial charge on any atom is 0.253 e. The van der Waals surface area contributed by atoms with Crippen molar-refractivity contribution in [3.63, 3.8) is 0 Å². The molecule has 3 aromatic rings. The number of hydrazone groups is 1. The highest BCUT2D eigenvalue weighted by Crippen LogP contribution is 2.34. The number of rotatable bonds is 6. The van der Waals surface area contributed by atoms with Gasteiger partial charge in [-0.15, -0.1) is 0 Å². The first-order chi connectivity index (χ1) is 13.7. The van der Waals surface area contributed by atoms with Crippen molar-refractivity contribution in [3.8, 4) is 0 Å². The van der Waals surface area contributed by atoms with Gasteiger partial charge in [0.05, 0.1) is 17.7 Å². The predicted octanol–water partition coefficient (Wildman–Crippen LogP) is 4.27. The fourth-order valence-corrected chi connectivity index (χ4v) is 4.11. The Labute approximate surface area is 168 Å². The highest BCUT2D eigenvalue weighted by Gasteiger charge is 2.34. The monoisotopic (exact) mass is 394 g/mol. The quantitative estimate of drug-likeness (QED) is 0.586. The number of imidazole rings is 1. The molecule has 0 aliphatic carbocycles. The second kappa shape index (κ2) is 8.06. The van der Waals surface area contributed by atoms with Crippen molar-refractivity contribution in [2.75, 3.05) is 5.75 Å². The van der Waals surface area contributed by atoms with E-state index in [1.165, 1.54) is 17.3 Å². The van der Waals surface area contributed by atoms with Gasteiger partial charge in [0.2, 0.25) is 0 Å². The lowest BCUT2D eigenvalue weighted by Gasteiger charge is -2.19. The van der Waals surface area contributed by atoms with Gasteiger partial charge in [-0.2, -0.15) is 5.10 Å². The number of hydrogen-bond acceptors (Lipinski definition) is 5. The van der Waals surface area contributed by atoms with Gasteiger partial charge < -0.3 is 8.98 Å². The van der Waals surface area contributed by atoms with Crippen LogP contribution >= 0.6 is 11.8 Å². The molecule has 1 aliphatic heterocycles. The Bertz CT molecular complexity index is 976. The van der Waals surface area contributed by atoms with E-state index >= 15 is 0 Å². The molecule has 0 saturated carbocycles. The molecule has 6 nitrogen and oxygen atoms in total. The summed E-state index contributed by atoms with van der Waals surface area (Å²) in [5.41, 5.74) is 3.13. The number of aryl methyl sites for hydroxylation is 2. The molecule has 0 spiro atoms. The topological polar surface area (TPSA) is 63.6 Å². The van der Waals surface area contributed by atoms with Crippen molar-refractivity contribution in [2.45, 2.75) is 38.0 Å². The van der Waals surface area contributed by atoms with E-state index < -0.39 is 0 Å². The number of benzene rings is 1. The summed E-state index contributed by atoms with van der Waals surface area (Å²) in [6.45, 7) is 4.93. The minimum atomic E-state index is -0.217. The molecule has 0 N–H and O–H groups in total. The van der Waals surface area contributed by atoms with Gasteiger partial charge in [-0.1, -0.05) is 41.6 Å². The van der Waals surface area contributed by atoms with E-state index in [1.807, 2.05) is 35.0 Å². The molecular formula is C21H22N4O2S. The van der Waals surface area contributed by atoms with Crippen LogP contribution in [0, 0.1) is 6.92 Å². The van der Waals surface area contributed by atoms with Crippen LogP contribution < -0.4 is 0 Å². The Morgan fingerprint density at radius 2 is 2.11 bits per heavy atom. The van der Waals surface area contributed by atoms with Gasteiger partial charge in [-0.05, 0) is 31.5 Å². The molecule has 0 saturated heterocycles. The van der Waals surface area contributed by atoms with Crippen LogP contribution in [-0.2, 0) is 11.3 Å². The Kier molecular flexibility index (Phi) is 5.34. The van der Waals surface area contributed by atoms with Crippen LogP contribution in [0.5, 0.6) is 0 Å². The first kappa shape index (κ1) is 18.6. The van der Waals surface area contributed by atoms with Crippen molar-refractivity contribution in [3.05, 3.63) is 71.9 Å². The van der Waals surface area contributed by atoms with E-state index in [4.69, 9.17) is 4.42 Å². The summed E-state index contributed by atoms with van der Waals surface area (Å²) >= 11 is 1.43. The van der Waals surface area contributed by atoms with Crippen molar-refractivity contribution in [1.29, 1.82) is 0 Å². The third-order valence-electron chi connectivity index (χ3n) is 4.77. The highest BCUT2D eigenvalue weighted by atomic mass is 32.2. The van der Waals surface area contributed by atoms with Crippen LogP contribution in [0.1, 0.15) is 36.3 Å². The van der Waals surface area contributed by atoms with E-state index in [1.54, 1.807) is 17.5 Å². The van der Waals surface area contributed by atoms with Crippen LogP contribution in [0.2, 0.25) is 0 Å². The van der Waals surface area contributed by atoms with Crippen molar-refractivity contribution >= 4 is 23.4 Å². The fourth-order valence-electron chi connectivity index (χ4n) is 3.23. The summed E-state index contributed by atoms with van der Waals surface area (Å²) in [4.78, 5) is 17.3. The Morgan fingerprint density at radius 3 is 2.82 bits per heavy atom. The first-order valence-electron chi connectivity index (χ1n) is 9.29. The number of aromatic nitrogens is 2. The minimum Gasteiger partial charge on any atom is -0.467 e. The van der Waals surface area contributed by atoms with E-state index in [-0.39, 0.29) is 17.7 Å². The van der Waals surface area contributed by atoms with Gasteiger partial charge in [0, 0.05) is 25.4 Å². The van der Waals surface area contributed by atoms with Gasteiger partial charge in [-0.25, -0.2) is 9.99 Å². The molecule has 1 aliphatic rings. The molecule has 0 fully saturated rings. The van der Waals surface area contributed by atoms with Crippen LogP contribution in [0.3, 0.4) is 0 Å². The van der Waals surface area contributed by atoms with Gasteiger partial charge in [-0.3, -0.25) is 4.79 Å². The summed E-state index contributed by atoms with van der Waals surface area (Å²) in [6.07, 6.45) is 5.94. The number of carbonyl (C=O) groups excluding carboxylic acids is 1. The predicted molar refractivity (Wildman–Crippen MR) is 109 cm³/mol. The van der Waals surface area contributed by atoms with Crippen LogP contribution in [0.25, 0.3) is 0 Å². The van der Waals surface area contributed by atoms with Crippen LogP contribution in [-0.4, -0.2) is 31.9 Å². The van der Waals surface area contributed by atoms with Crippen molar-refractivity contribution in [1.82, 2.24) is 14.6 Å². The number of hydrogen-bond donors (Lipinski definition) is 0. The van der Waals surface area contributed by atoms with Gasteiger partial charge in [0.1, 0.15) is 11.8 Å². The molecule has 1 amide bonds. The van der Waals surface area contributed by atoms with E-state index in [0.29, 0.717) is 6.42 Å². The maximum absolute atomic E-state index is 13.0. The molecule has 144 valence electrons. The van der Waals surface area contributed by atoms with Crippen molar-refractivity contribution in [2.24, 2.45) is 5.10 Å². The zero-order chi connectivity index (χ0) is 19.5. The van der Waals surface area contributed by atoms with Gasteiger partial charge >= 0.3 is 0 Å². The SMILES string of the molecule is CCn1ccnc1SCC(=O)N1N=C(c2ccc(C)cc2)CC1c1ccco1. The number of thioether (sulfide) groups is 1. The second-order valence-electron chi connectivity index (χ2n) is 6.67. The molecule has 0 bridgehead atoms. The first-order valence-corrected chi connectivity index (χ1v) is 10.3. The lowest BCUT2D eigenvalue weighted by Crippen LogP contribution is -2.28. The Balaban J connectivity index is 1.55. The van der Waals surface area contributed by atoms with E-state index in [0.717, 1.165) is 28.7 Å². The van der Waals surface area contributed by atoms with E-state index in [9.17, 15) is 4.79 Å². The summed E-state index contributed by atoms with van der Waals surface area (Å²) < 4.78 is 7.62. The summed E-state index contributed by atoms with van der Waals surface area (Å²) in [7, 11) is 0. The van der Waals surface area contributed by atoms with Crippen LogP contribution in [0.15, 0.2) is 69.7 Å². The molecular weight excluding hydrogens is 372 g/mol. The van der Waals surface area contributed by atoms with Gasteiger partial charge in [0.25, 0.3) is 5.91 Å². The average Bonchev–Trinajstić information content (AvgIpc) is 3.46. The zero-order valence-electron chi connectivity index (χ0n) is 15.9. The molecule has 4 rings (SSSR count). The Morgan fingerprint density at radius 1 is 1.29 bits per heavy atom. The molecule has 1 atom stereocenters. The third-order valence-corrected chi connectivity index (χ3v) is 5.75. The minimum absolute atomic E-state index is 0.0563. The Hall–Kier alpha value is -2.80. The number of carbonyl (C=O) groups is 1. The zero-order valence-corrected chi connectivity index (χ0v) is 16.7. The molecule has 1 aromatic carbocycles. The molecule has 0 radical (unpaired) electrons. The number of amides is 1. The number of furan rings is 1. The largest absolute Gasteiger partial charge is 0.467 e. The molecule has 28 heavy (non-hydrogen) atoms. The number of nitrogens with zero attached hydrogens (tertiary/aromatic N) is 4. The van der Waals surface area contributed by atoms with Crippen molar-refractivity contribution < 1.29 is 9.21 Å². The molecule has 2 aromatic heterocycles. The summed E-state index contributed by atoms with van der Waals surface area (Å²) in [5, 5.41) is 7.08. The average molecular weight is 395 g/mol. The molecule has 3 heterocycles. The normalized spacial score (nSPS) is 16.4. The lowest BCUT2D eigenvalue weighted by atomic mass is 10.0. The third kappa shape index (κ3) is 3.75. The lowest BCUT2D eigenvalue weighted by molar-refractivity contribution is -0.130.